The number of hydrogen-bond donors (Lipinski definition) is 0. The Morgan fingerprint density at radius 1 is 0.750 bits per heavy atom. The van der Waals surface area contributed by atoms with Crippen molar-refractivity contribution in [1.82, 2.24) is 9.78 Å². The maximum absolute atomic E-state index is 12.9. The molecule has 0 atom stereocenters. The van der Waals surface area contributed by atoms with Crippen LogP contribution in [-0.4, -0.2) is 9.78 Å². The predicted molar refractivity (Wildman–Crippen MR) is 104 cm³/mol. The van der Waals surface area contributed by atoms with Crippen molar-refractivity contribution in [3.8, 4) is 28.2 Å². The van der Waals surface area contributed by atoms with E-state index in [-0.39, 0.29) is 0 Å². The Hall–Kier alpha value is -3.05. The van der Waals surface area contributed by atoms with Crippen molar-refractivity contribution in [3.63, 3.8) is 0 Å². The van der Waals surface area contributed by atoms with Crippen molar-refractivity contribution in [1.29, 1.82) is 0 Å². The van der Waals surface area contributed by atoms with Crippen molar-refractivity contribution in [3.05, 3.63) is 95.5 Å². The van der Waals surface area contributed by atoms with Crippen molar-refractivity contribution in [2.45, 2.75) is 6.18 Å². The summed E-state index contributed by atoms with van der Waals surface area (Å²) >= 11 is 5.96. The van der Waals surface area contributed by atoms with Crippen LogP contribution in [0.3, 0.4) is 0 Å². The highest BCUT2D eigenvalue weighted by molar-refractivity contribution is 6.30. The number of aromatic nitrogens is 2. The molecular formula is C22H14ClF3N2. The molecule has 0 N–H and O–H groups in total. The van der Waals surface area contributed by atoms with E-state index in [0.29, 0.717) is 22.0 Å². The van der Waals surface area contributed by atoms with Crippen LogP contribution in [0.15, 0.2) is 84.9 Å². The molecule has 0 amide bonds. The lowest BCUT2D eigenvalue weighted by Gasteiger charge is -2.09. The normalized spacial score (nSPS) is 11.6. The third-order valence-electron chi connectivity index (χ3n) is 4.36. The molecule has 0 unspecified atom stereocenters. The van der Waals surface area contributed by atoms with E-state index in [2.05, 4.69) is 5.10 Å². The summed E-state index contributed by atoms with van der Waals surface area (Å²) in [6.07, 6.45) is -4.37. The minimum atomic E-state index is -4.37. The van der Waals surface area contributed by atoms with E-state index in [9.17, 15) is 13.2 Å². The van der Waals surface area contributed by atoms with Gasteiger partial charge >= 0.3 is 6.18 Å². The molecule has 0 bridgehead atoms. The maximum Gasteiger partial charge on any atom is 0.416 e. The number of halogens is 4. The van der Waals surface area contributed by atoms with E-state index in [0.717, 1.165) is 23.4 Å². The predicted octanol–water partition coefficient (Wildman–Crippen LogP) is 6.88. The molecule has 28 heavy (non-hydrogen) atoms. The number of hydrogen-bond acceptors (Lipinski definition) is 1. The van der Waals surface area contributed by atoms with E-state index >= 15 is 0 Å². The summed E-state index contributed by atoms with van der Waals surface area (Å²) in [6.45, 7) is 0. The van der Waals surface area contributed by atoms with E-state index in [1.165, 1.54) is 12.1 Å². The van der Waals surface area contributed by atoms with Gasteiger partial charge in [-0.15, -0.1) is 0 Å². The zero-order chi connectivity index (χ0) is 19.7. The van der Waals surface area contributed by atoms with Crippen molar-refractivity contribution >= 4 is 11.6 Å². The van der Waals surface area contributed by atoms with E-state index in [4.69, 9.17) is 11.6 Å². The number of alkyl halides is 3. The molecule has 0 radical (unpaired) electrons. The zero-order valence-corrected chi connectivity index (χ0v) is 15.2. The lowest BCUT2D eigenvalue weighted by molar-refractivity contribution is -0.137. The van der Waals surface area contributed by atoms with E-state index in [1.807, 2.05) is 48.5 Å². The summed E-state index contributed by atoms with van der Waals surface area (Å²) in [5, 5.41) is 5.30. The number of para-hydroxylation sites is 1. The first kappa shape index (κ1) is 18.3. The molecule has 6 heteroatoms. The first-order valence-corrected chi connectivity index (χ1v) is 8.89. The Balaban J connectivity index is 1.84. The second-order valence-corrected chi connectivity index (χ2v) is 6.68. The lowest BCUT2D eigenvalue weighted by atomic mass is 10.1. The molecule has 1 aromatic heterocycles. The van der Waals surface area contributed by atoms with Crippen molar-refractivity contribution in [2.24, 2.45) is 0 Å². The van der Waals surface area contributed by atoms with E-state index in [1.54, 1.807) is 16.8 Å². The molecule has 0 aliphatic carbocycles. The zero-order valence-electron chi connectivity index (χ0n) is 14.5. The Kier molecular flexibility index (Phi) is 4.69. The average Bonchev–Trinajstić information content (AvgIpc) is 3.14. The molecule has 0 saturated carbocycles. The minimum Gasteiger partial charge on any atom is -0.232 e. The molecule has 1 heterocycles. The van der Waals surface area contributed by atoms with Crippen molar-refractivity contribution < 1.29 is 13.2 Å². The van der Waals surface area contributed by atoms with Gasteiger partial charge < -0.3 is 0 Å². The molecule has 0 aliphatic rings. The van der Waals surface area contributed by atoms with E-state index < -0.39 is 11.7 Å². The standard InChI is InChI=1S/C22H14ClF3N2/c23-18-12-8-15(9-13-18)20-14-21(28(27-20)19-4-2-1-3-5-19)16-6-10-17(11-7-16)22(24,25)26/h1-14H. The van der Waals surface area contributed by atoms with Gasteiger partial charge in [-0.05, 0) is 42.5 Å². The van der Waals surface area contributed by atoms with Crippen molar-refractivity contribution in [2.75, 3.05) is 0 Å². The van der Waals surface area contributed by atoms with Gasteiger partial charge in [0.2, 0.25) is 0 Å². The highest BCUT2D eigenvalue weighted by Gasteiger charge is 2.30. The van der Waals surface area contributed by atoms with Crippen LogP contribution in [0.1, 0.15) is 5.56 Å². The molecular weight excluding hydrogens is 385 g/mol. The largest absolute Gasteiger partial charge is 0.416 e. The molecule has 4 rings (SSSR count). The Labute approximate surface area is 164 Å². The summed E-state index contributed by atoms with van der Waals surface area (Å²) < 4.78 is 40.4. The summed E-state index contributed by atoms with van der Waals surface area (Å²) in [4.78, 5) is 0. The molecule has 4 aromatic rings. The Morgan fingerprint density at radius 3 is 1.96 bits per heavy atom. The molecule has 140 valence electrons. The van der Waals surface area contributed by atoms with Crippen LogP contribution < -0.4 is 0 Å². The Bertz CT molecular complexity index is 1080. The minimum absolute atomic E-state index is 0.620. The van der Waals surface area contributed by atoms with Gasteiger partial charge in [0.05, 0.1) is 22.6 Å². The van der Waals surface area contributed by atoms with Gasteiger partial charge in [0.25, 0.3) is 0 Å². The fraction of sp³-hybridized carbons (Fsp3) is 0.0455. The van der Waals surface area contributed by atoms with Crippen LogP contribution in [0.2, 0.25) is 5.02 Å². The van der Waals surface area contributed by atoms with Crippen LogP contribution in [-0.2, 0) is 6.18 Å². The van der Waals surface area contributed by atoms with Gasteiger partial charge in [-0.25, -0.2) is 4.68 Å². The van der Waals surface area contributed by atoms with Crippen LogP contribution >= 0.6 is 11.6 Å². The number of rotatable bonds is 3. The highest BCUT2D eigenvalue weighted by Crippen LogP contribution is 2.33. The second-order valence-electron chi connectivity index (χ2n) is 6.24. The molecule has 0 saturated heterocycles. The molecule has 2 nitrogen and oxygen atoms in total. The fourth-order valence-corrected chi connectivity index (χ4v) is 3.07. The maximum atomic E-state index is 12.9. The number of benzene rings is 3. The molecule has 3 aromatic carbocycles. The Morgan fingerprint density at radius 2 is 1.36 bits per heavy atom. The van der Waals surface area contributed by atoms with Crippen LogP contribution in [0.25, 0.3) is 28.2 Å². The summed E-state index contributed by atoms with van der Waals surface area (Å²) in [7, 11) is 0. The summed E-state index contributed by atoms with van der Waals surface area (Å²) in [5.41, 5.74) is 3.05. The first-order chi connectivity index (χ1) is 13.4. The van der Waals surface area contributed by atoms with Crippen LogP contribution in [0, 0.1) is 0 Å². The van der Waals surface area contributed by atoms with Gasteiger partial charge in [-0.3, -0.25) is 0 Å². The van der Waals surface area contributed by atoms with Crippen LogP contribution in [0.5, 0.6) is 0 Å². The monoisotopic (exact) mass is 398 g/mol. The van der Waals surface area contributed by atoms with Gasteiger partial charge in [0.15, 0.2) is 0 Å². The fourth-order valence-electron chi connectivity index (χ4n) is 2.94. The second kappa shape index (κ2) is 7.17. The topological polar surface area (TPSA) is 17.8 Å². The van der Waals surface area contributed by atoms with Crippen LogP contribution in [0.4, 0.5) is 13.2 Å². The van der Waals surface area contributed by atoms with Gasteiger partial charge in [0, 0.05) is 16.1 Å². The quantitative estimate of drug-likeness (QED) is 0.368. The SMILES string of the molecule is FC(F)(F)c1ccc(-c2cc(-c3ccc(Cl)cc3)nn2-c2ccccc2)cc1. The molecule has 0 fully saturated rings. The number of nitrogens with zero attached hydrogens (tertiary/aromatic N) is 2. The first-order valence-electron chi connectivity index (χ1n) is 8.51. The third kappa shape index (κ3) is 3.66. The average molecular weight is 399 g/mol. The summed E-state index contributed by atoms with van der Waals surface area (Å²) in [6, 6.07) is 23.7. The van der Waals surface area contributed by atoms with Gasteiger partial charge in [-0.1, -0.05) is 54.1 Å². The summed E-state index contributed by atoms with van der Waals surface area (Å²) in [5.74, 6) is 0. The molecule has 0 aliphatic heterocycles. The lowest BCUT2D eigenvalue weighted by Crippen LogP contribution is -2.04. The van der Waals surface area contributed by atoms with Gasteiger partial charge in [-0.2, -0.15) is 18.3 Å². The molecule has 0 spiro atoms. The van der Waals surface area contributed by atoms with Gasteiger partial charge in [0.1, 0.15) is 0 Å². The smallest absolute Gasteiger partial charge is 0.232 e. The highest BCUT2D eigenvalue weighted by atomic mass is 35.5. The third-order valence-corrected chi connectivity index (χ3v) is 4.61.